The van der Waals surface area contributed by atoms with Crippen molar-refractivity contribution >= 4 is 6.03 Å². The Morgan fingerprint density at radius 1 is 1.36 bits per heavy atom. The molecule has 1 atom stereocenters. The predicted molar refractivity (Wildman–Crippen MR) is 46.5 cm³/mol. The average molecular weight is 158 g/mol. The molecule has 2 amide bonds. The molecule has 0 aromatic heterocycles. The summed E-state index contributed by atoms with van der Waals surface area (Å²) in [5.41, 5.74) is 0. The lowest BCUT2D eigenvalue weighted by Gasteiger charge is -2.14. The van der Waals surface area contributed by atoms with Crippen LogP contribution in [0.2, 0.25) is 0 Å². The largest absolute Gasteiger partial charge is 0.341 e. The van der Waals surface area contributed by atoms with Gasteiger partial charge in [0.05, 0.1) is 0 Å². The molecule has 0 saturated heterocycles. The van der Waals surface area contributed by atoms with E-state index >= 15 is 0 Å². The van der Waals surface area contributed by atoms with Crippen LogP contribution in [0.1, 0.15) is 27.2 Å². The Labute approximate surface area is 68.6 Å². The van der Waals surface area contributed by atoms with Gasteiger partial charge >= 0.3 is 6.03 Å². The Balaban J connectivity index is 3.51. The Morgan fingerprint density at radius 3 is 2.27 bits per heavy atom. The van der Waals surface area contributed by atoms with Crippen LogP contribution < -0.4 is 10.6 Å². The molecular formula is C8H18N2O. The van der Waals surface area contributed by atoms with Crippen LogP contribution in [0.3, 0.4) is 0 Å². The van der Waals surface area contributed by atoms with Crippen LogP contribution in [0, 0.1) is 5.92 Å². The number of carbonyl (C=O) groups is 1. The molecule has 11 heavy (non-hydrogen) atoms. The van der Waals surface area contributed by atoms with Crippen LogP contribution in [-0.4, -0.2) is 19.1 Å². The Hall–Kier alpha value is -0.730. The van der Waals surface area contributed by atoms with Gasteiger partial charge in [0.25, 0.3) is 0 Å². The maximum Gasteiger partial charge on any atom is 0.314 e. The van der Waals surface area contributed by atoms with E-state index in [1.54, 1.807) is 7.05 Å². The molecule has 0 saturated carbocycles. The number of rotatable bonds is 3. The highest BCUT2D eigenvalue weighted by Gasteiger charge is 2.06. The monoisotopic (exact) mass is 158 g/mol. The molecule has 0 bridgehead atoms. The van der Waals surface area contributed by atoms with Crippen molar-refractivity contribution in [3.8, 4) is 0 Å². The second-order valence-electron chi connectivity index (χ2n) is 3.25. The van der Waals surface area contributed by atoms with Crippen molar-refractivity contribution in [3.63, 3.8) is 0 Å². The quantitative estimate of drug-likeness (QED) is 0.639. The van der Waals surface area contributed by atoms with Crippen molar-refractivity contribution in [1.29, 1.82) is 0 Å². The Morgan fingerprint density at radius 2 is 1.91 bits per heavy atom. The van der Waals surface area contributed by atoms with Gasteiger partial charge in [-0.15, -0.1) is 0 Å². The van der Waals surface area contributed by atoms with Gasteiger partial charge in [-0.1, -0.05) is 13.8 Å². The van der Waals surface area contributed by atoms with Crippen LogP contribution in [0.5, 0.6) is 0 Å². The highest BCUT2D eigenvalue weighted by atomic mass is 16.2. The van der Waals surface area contributed by atoms with Crippen LogP contribution in [0.4, 0.5) is 4.79 Å². The SMILES string of the molecule is CNC(=O)N[C@@H](C)CC(C)C. The van der Waals surface area contributed by atoms with Crippen LogP contribution in [0.15, 0.2) is 0 Å². The molecule has 2 N–H and O–H groups in total. The van der Waals surface area contributed by atoms with Gasteiger partial charge in [0.1, 0.15) is 0 Å². The molecule has 0 rings (SSSR count). The molecular weight excluding hydrogens is 140 g/mol. The van der Waals surface area contributed by atoms with Crippen molar-refractivity contribution < 1.29 is 4.79 Å². The molecule has 0 aromatic carbocycles. The van der Waals surface area contributed by atoms with Crippen LogP contribution in [0.25, 0.3) is 0 Å². The van der Waals surface area contributed by atoms with Crippen molar-refractivity contribution in [3.05, 3.63) is 0 Å². The van der Waals surface area contributed by atoms with E-state index in [1.165, 1.54) is 0 Å². The minimum atomic E-state index is -0.0989. The summed E-state index contributed by atoms with van der Waals surface area (Å²) in [7, 11) is 1.62. The van der Waals surface area contributed by atoms with Crippen LogP contribution >= 0.6 is 0 Å². The second kappa shape index (κ2) is 4.99. The third kappa shape index (κ3) is 5.70. The predicted octanol–water partition coefficient (Wildman–Crippen LogP) is 1.35. The number of hydrogen-bond acceptors (Lipinski definition) is 1. The standard InChI is InChI=1S/C8H18N2O/c1-6(2)5-7(3)10-8(11)9-4/h6-7H,5H2,1-4H3,(H2,9,10,11)/t7-/m0/s1. The smallest absolute Gasteiger partial charge is 0.314 e. The van der Waals surface area contributed by atoms with E-state index < -0.39 is 0 Å². The number of nitrogens with one attached hydrogen (secondary N) is 2. The maximum absolute atomic E-state index is 10.8. The Kier molecular flexibility index (Phi) is 4.66. The molecule has 66 valence electrons. The fraction of sp³-hybridized carbons (Fsp3) is 0.875. The maximum atomic E-state index is 10.8. The lowest BCUT2D eigenvalue weighted by Crippen LogP contribution is -2.39. The molecule has 0 heterocycles. The van der Waals surface area contributed by atoms with Gasteiger partial charge < -0.3 is 10.6 Å². The van der Waals surface area contributed by atoms with Crippen molar-refractivity contribution in [2.24, 2.45) is 5.92 Å². The van der Waals surface area contributed by atoms with Crippen LogP contribution in [-0.2, 0) is 0 Å². The van der Waals surface area contributed by atoms with E-state index in [9.17, 15) is 4.79 Å². The molecule has 0 radical (unpaired) electrons. The number of hydrogen-bond donors (Lipinski definition) is 2. The zero-order valence-electron chi connectivity index (χ0n) is 7.77. The first-order valence-corrected chi connectivity index (χ1v) is 4.04. The van der Waals surface area contributed by atoms with E-state index in [1.807, 2.05) is 6.92 Å². The number of carbonyl (C=O) groups excluding carboxylic acids is 1. The summed E-state index contributed by atoms with van der Waals surface area (Å²) in [6.07, 6.45) is 1.02. The molecule has 0 spiro atoms. The van der Waals surface area contributed by atoms with E-state index in [0.29, 0.717) is 5.92 Å². The van der Waals surface area contributed by atoms with Gasteiger partial charge in [0, 0.05) is 13.1 Å². The summed E-state index contributed by atoms with van der Waals surface area (Å²) in [5.74, 6) is 0.627. The van der Waals surface area contributed by atoms with E-state index in [0.717, 1.165) is 6.42 Å². The number of amides is 2. The van der Waals surface area contributed by atoms with Gasteiger partial charge in [0.2, 0.25) is 0 Å². The Bertz CT molecular complexity index is 123. The fourth-order valence-electron chi connectivity index (χ4n) is 1.06. The zero-order chi connectivity index (χ0) is 8.85. The fourth-order valence-corrected chi connectivity index (χ4v) is 1.06. The second-order valence-corrected chi connectivity index (χ2v) is 3.25. The van der Waals surface area contributed by atoms with Gasteiger partial charge in [0.15, 0.2) is 0 Å². The molecule has 3 heteroatoms. The van der Waals surface area contributed by atoms with Crippen molar-refractivity contribution in [1.82, 2.24) is 10.6 Å². The minimum absolute atomic E-state index is 0.0989. The number of urea groups is 1. The molecule has 3 nitrogen and oxygen atoms in total. The van der Waals surface area contributed by atoms with E-state index in [-0.39, 0.29) is 12.1 Å². The normalized spacial score (nSPS) is 12.8. The lowest BCUT2D eigenvalue weighted by atomic mass is 10.1. The van der Waals surface area contributed by atoms with E-state index in [2.05, 4.69) is 24.5 Å². The molecule has 0 aromatic rings. The summed E-state index contributed by atoms with van der Waals surface area (Å²) in [6.45, 7) is 6.29. The third-order valence-corrected chi connectivity index (χ3v) is 1.43. The summed E-state index contributed by atoms with van der Waals surface area (Å²) in [5, 5.41) is 5.33. The third-order valence-electron chi connectivity index (χ3n) is 1.43. The first kappa shape index (κ1) is 10.3. The van der Waals surface area contributed by atoms with Gasteiger partial charge in [-0.25, -0.2) is 4.79 Å². The summed E-state index contributed by atoms with van der Waals surface area (Å²) in [4.78, 5) is 10.8. The van der Waals surface area contributed by atoms with Gasteiger partial charge in [-0.05, 0) is 19.3 Å². The molecule has 0 aliphatic rings. The molecule has 0 aliphatic heterocycles. The highest BCUT2D eigenvalue weighted by molar-refractivity contribution is 5.73. The first-order valence-electron chi connectivity index (χ1n) is 4.04. The highest BCUT2D eigenvalue weighted by Crippen LogP contribution is 2.02. The zero-order valence-corrected chi connectivity index (χ0v) is 7.77. The summed E-state index contributed by atoms with van der Waals surface area (Å²) in [6, 6.07) is 0.160. The summed E-state index contributed by atoms with van der Waals surface area (Å²) >= 11 is 0. The topological polar surface area (TPSA) is 41.1 Å². The van der Waals surface area contributed by atoms with Gasteiger partial charge in [-0.3, -0.25) is 0 Å². The summed E-state index contributed by atoms with van der Waals surface area (Å²) < 4.78 is 0. The molecule has 0 aliphatic carbocycles. The van der Waals surface area contributed by atoms with E-state index in [4.69, 9.17) is 0 Å². The lowest BCUT2D eigenvalue weighted by molar-refractivity contribution is 0.238. The van der Waals surface area contributed by atoms with Crippen molar-refractivity contribution in [2.45, 2.75) is 33.2 Å². The molecule has 0 fully saturated rings. The molecule has 0 unspecified atom stereocenters. The average Bonchev–Trinajstić information content (AvgIpc) is 1.85. The minimum Gasteiger partial charge on any atom is -0.341 e. The van der Waals surface area contributed by atoms with Crippen molar-refractivity contribution in [2.75, 3.05) is 7.05 Å². The van der Waals surface area contributed by atoms with Gasteiger partial charge in [-0.2, -0.15) is 0 Å². The first-order chi connectivity index (χ1) is 5.06.